The van der Waals surface area contributed by atoms with Crippen LogP contribution in [0.15, 0.2) is 94.8 Å². The molecule has 6 aromatic rings. The molecule has 3 amide bonds. The van der Waals surface area contributed by atoms with Crippen LogP contribution >= 0.6 is 23.2 Å². The van der Waals surface area contributed by atoms with Crippen LogP contribution in [0.5, 0.6) is 11.5 Å². The molecule has 16 nitrogen and oxygen atoms in total. The van der Waals surface area contributed by atoms with E-state index in [0.717, 1.165) is 6.26 Å². The Balaban J connectivity index is 0.000000199. The zero-order chi connectivity index (χ0) is 48.3. The maximum absolute atomic E-state index is 13.5. The molecule has 3 atom stereocenters. The van der Waals surface area contributed by atoms with Crippen molar-refractivity contribution in [1.29, 1.82) is 0 Å². The molecule has 21 heteroatoms. The summed E-state index contributed by atoms with van der Waals surface area (Å²) in [6.07, 6.45) is 1.62. The van der Waals surface area contributed by atoms with Crippen molar-refractivity contribution in [2.45, 2.75) is 32.2 Å². The van der Waals surface area contributed by atoms with E-state index in [0.29, 0.717) is 61.8 Å². The number of nitrogens with two attached hydrogens (primary N) is 1. The predicted molar refractivity (Wildman–Crippen MR) is 249 cm³/mol. The molecule has 2 saturated heterocycles. The molecule has 8 rings (SSSR count). The van der Waals surface area contributed by atoms with E-state index < -0.39 is 45.9 Å². The lowest BCUT2D eigenvalue weighted by molar-refractivity contribution is -0.150. The predicted octanol–water partition coefficient (Wildman–Crippen LogP) is 5.33. The average molecular weight is 982 g/mol. The van der Waals surface area contributed by atoms with Gasteiger partial charge in [-0.15, -0.1) is 0 Å². The van der Waals surface area contributed by atoms with Crippen LogP contribution in [-0.4, -0.2) is 121 Å². The SMILES string of the molecule is CC(Oc1ccc2c(-c3ccc(F)cc3Cl)c[nH]c(=O)c2c1)C(=O)N1CCO[C@H](C(N)=O)C1.C[C@@H](Oc1ccc2c(-c3ccc(F)cc3Cl)c[nH]c(=O)c2c1)C(=O)N1CCN(S(C)(=O)=O)CC1. The molecule has 2 aliphatic rings. The standard InChI is InChI=1S/C23H23ClFN3O5S.C23H21ClFN3O5/c1-14(23(30)27-7-9-28(10-8-27)34(2,31)32)33-16-4-6-17-19(12-16)22(29)26-13-20(17)18-5-3-15(25)11-21(18)24;1-12(23(31)28-6-7-32-20(11-28)21(26)29)33-14-3-5-15-17(9-14)22(30)27-10-18(15)16-4-2-13(25)8-19(16)24/h3-6,11-14H,7-10H2,1-2H3,(H,26,29);2-5,8-10,12,20H,6-7,11H2,1H3,(H2,26,29)(H,27,30)/t14-;12?,20-/m10/s1. The third-order valence-electron chi connectivity index (χ3n) is 11.2. The molecule has 0 spiro atoms. The maximum atomic E-state index is 13.5. The highest BCUT2D eigenvalue weighted by Gasteiger charge is 2.32. The summed E-state index contributed by atoms with van der Waals surface area (Å²) < 4.78 is 68.5. The number of primary amides is 1. The molecule has 0 radical (unpaired) electrons. The Hall–Kier alpha value is -6.38. The number of ether oxygens (including phenoxy) is 3. The number of benzene rings is 4. The molecule has 1 unspecified atom stereocenters. The Bertz CT molecular complexity index is 3130. The molecule has 2 fully saturated rings. The third-order valence-corrected chi connectivity index (χ3v) is 13.2. The van der Waals surface area contributed by atoms with Gasteiger partial charge in [-0.2, -0.15) is 4.31 Å². The third kappa shape index (κ3) is 11.1. The fraction of sp³-hybridized carbons (Fsp3) is 0.283. The molecule has 0 bridgehead atoms. The Morgan fingerprint density at radius 3 is 1.58 bits per heavy atom. The summed E-state index contributed by atoms with van der Waals surface area (Å²) in [4.78, 5) is 70.3. The van der Waals surface area contributed by atoms with Gasteiger partial charge in [0.15, 0.2) is 18.3 Å². The first kappa shape index (κ1) is 48.6. The number of hydrogen-bond donors (Lipinski definition) is 3. The number of carbonyl (C=O) groups is 3. The number of halogens is 4. The van der Waals surface area contributed by atoms with Crippen LogP contribution in [-0.2, 0) is 29.1 Å². The number of amides is 3. The van der Waals surface area contributed by atoms with Crippen molar-refractivity contribution in [3.63, 3.8) is 0 Å². The zero-order valence-corrected chi connectivity index (χ0v) is 38.5. The van der Waals surface area contributed by atoms with E-state index in [4.69, 9.17) is 43.1 Å². The first-order valence-electron chi connectivity index (χ1n) is 20.8. The summed E-state index contributed by atoms with van der Waals surface area (Å²) in [6, 6.07) is 17.8. The van der Waals surface area contributed by atoms with Crippen LogP contribution in [0.3, 0.4) is 0 Å². The largest absolute Gasteiger partial charge is 0.481 e. The number of fused-ring (bicyclic) bond motifs is 2. The van der Waals surface area contributed by atoms with Gasteiger partial charge in [0.05, 0.1) is 40.2 Å². The van der Waals surface area contributed by atoms with Gasteiger partial charge in [0.25, 0.3) is 22.9 Å². The van der Waals surface area contributed by atoms with Gasteiger partial charge in [0.2, 0.25) is 15.9 Å². The number of morpholine rings is 1. The number of nitrogens with one attached hydrogen (secondary N) is 2. The highest BCUT2D eigenvalue weighted by molar-refractivity contribution is 7.88. The Morgan fingerprint density at radius 2 is 1.15 bits per heavy atom. The van der Waals surface area contributed by atoms with Crippen molar-refractivity contribution in [3.8, 4) is 33.8 Å². The van der Waals surface area contributed by atoms with Gasteiger partial charge in [-0.05, 0) is 97.4 Å². The number of nitrogens with zero attached hydrogens (tertiary/aromatic N) is 3. The lowest BCUT2D eigenvalue weighted by Crippen LogP contribution is -2.53. The Kier molecular flexibility index (Phi) is 14.7. The van der Waals surface area contributed by atoms with E-state index >= 15 is 0 Å². The summed E-state index contributed by atoms with van der Waals surface area (Å²) in [5.41, 5.74) is 6.95. The van der Waals surface area contributed by atoms with E-state index in [9.17, 15) is 41.2 Å². The summed E-state index contributed by atoms with van der Waals surface area (Å²) in [5.74, 6) is -1.51. The zero-order valence-electron chi connectivity index (χ0n) is 36.2. The minimum absolute atomic E-state index is 0.0566. The van der Waals surface area contributed by atoms with Crippen LogP contribution in [0.2, 0.25) is 10.0 Å². The fourth-order valence-electron chi connectivity index (χ4n) is 7.77. The first-order valence-corrected chi connectivity index (χ1v) is 23.4. The van der Waals surface area contributed by atoms with E-state index in [-0.39, 0.29) is 72.3 Å². The Morgan fingerprint density at radius 1 is 0.687 bits per heavy atom. The monoisotopic (exact) mass is 980 g/mol. The second kappa shape index (κ2) is 20.2. The summed E-state index contributed by atoms with van der Waals surface area (Å²) in [7, 11) is -3.29. The summed E-state index contributed by atoms with van der Waals surface area (Å²) >= 11 is 12.4. The number of rotatable bonds is 10. The number of hydrogen-bond acceptors (Lipinski definition) is 10. The number of H-pyrrole nitrogens is 2. The average Bonchev–Trinajstić information content (AvgIpc) is 3.29. The minimum atomic E-state index is -3.29. The van der Waals surface area contributed by atoms with Crippen molar-refractivity contribution >= 4 is 72.5 Å². The van der Waals surface area contributed by atoms with Gasteiger partial charge in [-0.1, -0.05) is 23.2 Å². The van der Waals surface area contributed by atoms with E-state index in [1.807, 2.05) is 0 Å². The minimum Gasteiger partial charge on any atom is -0.481 e. The number of sulfonamides is 1. The van der Waals surface area contributed by atoms with Gasteiger partial charge in [0, 0.05) is 67.4 Å². The van der Waals surface area contributed by atoms with Crippen LogP contribution < -0.4 is 26.3 Å². The molecule has 2 aromatic heterocycles. The van der Waals surface area contributed by atoms with E-state index in [1.54, 1.807) is 55.1 Å². The molecule has 4 aromatic carbocycles. The molecule has 0 saturated carbocycles. The van der Waals surface area contributed by atoms with Gasteiger partial charge in [-0.3, -0.25) is 24.0 Å². The highest BCUT2D eigenvalue weighted by atomic mass is 35.5. The lowest BCUT2D eigenvalue weighted by Gasteiger charge is -2.34. The Labute approximate surface area is 392 Å². The molecule has 67 heavy (non-hydrogen) atoms. The van der Waals surface area contributed by atoms with Gasteiger partial charge < -0.3 is 39.7 Å². The topological polar surface area (TPSA) is 214 Å². The molecule has 4 heterocycles. The van der Waals surface area contributed by atoms with Gasteiger partial charge >= 0.3 is 0 Å². The van der Waals surface area contributed by atoms with E-state index in [2.05, 4.69) is 9.97 Å². The highest BCUT2D eigenvalue weighted by Crippen LogP contribution is 2.35. The van der Waals surface area contributed by atoms with E-state index in [1.165, 1.54) is 58.0 Å². The smallest absolute Gasteiger partial charge is 0.263 e. The molecule has 0 aliphatic carbocycles. The van der Waals surface area contributed by atoms with Crippen molar-refractivity contribution in [2.75, 3.05) is 52.1 Å². The molecular weight excluding hydrogens is 938 g/mol. The van der Waals surface area contributed by atoms with Gasteiger partial charge in [-0.25, -0.2) is 17.2 Å². The first-order chi connectivity index (χ1) is 31.8. The van der Waals surface area contributed by atoms with Crippen LogP contribution in [0, 0.1) is 11.6 Å². The molecule has 352 valence electrons. The van der Waals surface area contributed by atoms with Crippen LogP contribution in [0.4, 0.5) is 8.78 Å². The molecule has 2 aliphatic heterocycles. The normalized spacial score (nSPS) is 16.5. The second-order valence-corrected chi connectivity index (χ2v) is 18.6. The summed E-state index contributed by atoms with van der Waals surface area (Å²) in [5, 5.41) is 2.27. The van der Waals surface area contributed by atoms with Crippen molar-refractivity contribution in [2.24, 2.45) is 5.73 Å². The number of pyridine rings is 2. The summed E-state index contributed by atoms with van der Waals surface area (Å²) in [6.45, 7) is 4.78. The van der Waals surface area contributed by atoms with Crippen LogP contribution in [0.25, 0.3) is 43.8 Å². The number of piperazine rings is 1. The fourth-order valence-corrected chi connectivity index (χ4v) is 9.14. The second-order valence-electron chi connectivity index (χ2n) is 15.8. The maximum Gasteiger partial charge on any atom is 0.263 e. The number of carbonyl (C=O) groups excluding carboxylic acids is 3. The lowest BCUT2D eigenvalue weighted by atomic mass is 10.0. The number of aromatic nitrogens is 2. The molecular formula is C46H44Cl2F2N6O10S. The van der Waals surface area contributed by atoms with Crippen LogP contribution in [0.1, 0.15) is 13.8 Å². The van der Waals surface area contributed by atoms with Crippen molar-refractivity contribution in [3.05, 3.63) is 128 Å². The quantitative estimate of drug-likeness (QED) is 0.161. The van der Waals surface area contributed by atoms with Gasteiger partial charge in [0.1, 0.15) is 23.1 Å². The molecule has 4 N–H and O–H groups in total. The van der Waals surface area contributed by atoms with Crippen molar-refractivity contribution in [1.82, 2.24) is 24.1 Å². The van der Waals surface area contributed by atoms with Crippen molar-refractivity contribution < 1.29 is 45.8 Å². The number of aromatic amines is 2.